The van der Waals surface area contributed by atoms with E-state index in [-0.39, 0.29) is 18.9 Å². The molecule has 5 heteroatoms. The molecule has 1 amide bonds. The molecular weight excluding hydrogens is 278 g/mol. The summed E-state index contributed by atoms with van der Waals surface area (Å²) < 4.78 is 5.45. The van der Waals surface area contributed by atoms with Crippen molar-refractivity contribution < 1.29 is 14.6 Å². The topological polar surface area (TPSA) is 58.6 Å². The standard InChI is InChI=1S/C15H20ClNO3/c16-12-5-1-2-6-13(12)20-10-7-14(18)17-11-15(19)8-3-4-9-15/h1-2,5-6,19H,3-4,7-11H2,(H,17,18). The van der Waals surface area contributed by atoms with Crippen LogP contribution >= 0.6 is 11.6 Å². The number of hydrogen-bond acceptors (Lipinski definition) is 3. The number of ether oxygens (including phenoxy) is 1. The summed E-state index contributed by atoms with van der Waals surface area (Å²) in [6.45, 7) is 0.603. The van der Waals surface area contributed by atoms with Gasteiger partial charge in [0.2, 0.25) is 5.91 Å². The SMILES string of the molecule is O=C(CCOc1ccccc1Cl)NCC1(O)CCCC1. The molecule has 20 heavy (non-hydrogen) atoms. The molecule has 0 unspecified atom stereocenters. The Labute approximate surface area is 124 Å². The van der Waals surface area contributed by atoms with Crippen LogP contribution in [0.2, 0.25) is 5.02 Å². The van der Waals surface area contributed by atoms with E-state index in [9.17, 15) is 9.90 Å². The van der Waals surface area contributed by atoms with Gasteiger partial charge in [-0.2, -0.15) is 0 Å². The summed E-state index contributed by atoms with van der Waals surface area (Å²) in [5.74, 6) is 0.466. The Morgan fingerprint density at radius 2 is 2.05 bits per heavy atom. The third kappa shape index (κ3) is 4.39. The summed E-state index contributed by atoms with van der Waals surface area (Å²) in [6, 6.07) is 7.16. The predicted molar refractivity (Wildman–Crippen MR) is 78.0 cm³/mol. The normalized spacial score (nSPS) is 16.9. The predicted octanol–water partition coefficient (Wildman–Crippen LogP) is 2.53. The van der Waals surface area contributed by atoms with Gasteiger partial charge in [0.1, 0.15) is 5.75 Å². The van der Waals surface area contributed by atoms with Crippen molar-refractivity contribution in [2.75, 3.05) is 13.2 Å². The van der Waals surface area contributed by atoms with Crippen LogP contribution < -0.4 is 10.1 Å². The molecule has 0 aliphatic heterocycles. The summed E-state index contributed by atoms with van der Waals surface area (Å²) in [7, 11) is 0. The highest BCUT2D eigenvalue weighted by molar-refractivity contribution is 6.32. The fraction of sp³-hybridized carbons (Fsp3) is 0.533. The first-order chi connectivity index (χ1) is 9.59. The molecule has 0 spiro atoms. The Morgan fingerprint density at radius 1 is 1.35 bits per heavy atom. The molecule has 0 atom stereocenters. The Balaban J connectivity index is 1.67. The van der Waals surface area contributed by atoms with Crippen LogP contribution in [-0.4, -0.2) is 29.8 Å². The van der Waals surface area contributed by atoms with Crippen LogP contribution in [0.25, 0.3) is 0 Å². The number of hydrogen-bond donors (Lipinski definition) is 2. The van der Waals surface area contributed by atoms with E-state index < -0.39 is 5.60 Å². The zero-order valence-corrected chi connectivity index (χ0v) is 12.2. The van der Waals surface area contributed by atoms with Crippen LogP contribution in [0.3, 0.4) is 0 Å². The molecule has 1 aromatic rings. The van der Waals surface area contributed by atoms with E-state index in [0.717, 1.165) is 25.7 Å². The average molecular weight is 298 g/mol. The molecular formula is C15H20ClNO3. The molecule has 2 rings (SSSR count). The van der Waals surface area contributed by atoms with Crippen molar-refractivity contribution >= 4 is 17.5 Å². The van der Waals surface area contributed by atoms with Gasteiger partial charge in [0.05, 0.1) is 23.7 Å². The quantitative estimate of drug-likeness (QED) is 0.848. The minimum atomic E-state index is -0.709. The van der Waals surface area contributed by atoms with E-state index in [1.165, 1.54) is 0 Å². The molecule has 1 fully saturated rings. The van der Waals surface area contributed by atoms with Gasteiger partial charge in [0, 0.05) is 6.54 Å². The third-order valence-electron chi connectivity index (χ3n) is 3.57. The van der Waals surface area contributed by atoms with Gasteiger partial charge in [-0.15, -0.1) is 0 Å². The maximum Gasteiger partial charge on any atom is 0.223 e. The van der Waals surface area contributed by atoms with Crippen LogP contribution in [0.15, 0.2) is 24.3 Å². The first kappa shape index (κ1) is 15.1. The van der Waals surface area contributed by atoms with Crippen molar-refractivity contribution in [1.29, 1.82) is 0 Å². The Bertz CT molecular complexity index is 458. The number of carbonyl (C=O) groups is 1. The van der Waals surface area contributed by atoms with E-state index >= 15 is 0 Å². The highest BCUT2D eigenvalue weighted by Gasteiger charge is 2.31. The van der Waals surface area contributed by atoms with Gasteiger partial charge in [0.15, 0.2) is 0 Å². The van der Waals surface area contributed by atoms with E-state index in [1.54, 1.807) is 12.1 Å². The number of amides is 1. The van der Waals surface area contributed by atoms with Crippen LogP contribution in [-0.2, 0) is 4.79 Å². The molecule has 1 saturated carbocycles. The fourth-order valence-corrected chi connectivity index (χ4v) is 2.57. The second-order valence-electron chi connectivity index (χ2n) is 5.24. The molecule has 1 aromatic carbocycles. The molecule has 0 bridgehead atoms. The lowest BCUT2D eigenvalue weighted by molar-refractivity contribution is -0.122. The van der Waals surface area contributed by atoms with Crippen LogP contribution in [0, 0.1) is 0 Å². The van der Waals surface area contributed by atoms with Crippen molar-refractivity contribution in [1.82, 2.24) is 5.32 Å². The maximum absolute atomic E-state index is 11.7. The van der Waals surface area contributed by atoms with Crippen molar-refractivity contribution in [3.05, 3.63) is 29.3 Å². The Morgan fingerprint density at radius 3 is 2.75 bits per heavy atom. The van der Waals surface area contributed by atoms with E-state index in [1.807, 2.05) is 12.1 Å². The summed E-state index contributed by atoms with van der Waals surface area (Å²) in [6.07, 6.45) is 3.85. The Kier molecular flexibility index (Phi) is 5.26. The van der Waals surface area contributed by atoms with E-state index in [0.29, 0.717) is 17.3 Å². The summed E-state index contributed by atoms with van der Waals surface area (Å²) in [5, 5.41) is 13.4. The molecule has 1 aliphatic rings. The number of nitrogens with one attached hydrogen (secondary N) is 1. The zero-order valence-electron chi connectivity index (χ0n) is 11.4. The highest BCUT2D eigenvalue weighted by atomic mass is 35.5. The van der Waals surface area contributed by atoms with Gasteiger partial charge < -0.3 is 15.2 Å². The number of carbonyl (C=O) groups excluding carboxylic acids is 1. The molecule has 0 radical (unpaired) electrons. The van der Waals surface area contributed by atoms with E-state index in [2.05, 4.69) is 5.32 Å². The number of rotatable bonds is 6. The lowest BCUT2D eigenvalue weighted by Crippen LogP contribution is -2.41. The zero-order chi connectivity index (χ0) is 14.4. The molecule has 0 saturated heterocycles. The highest BCUT2D eigenvalue weighted by Crippen LogP contribution is 2.28. The van der Waals surface area contributed by atoms with E-state index in [4.69, 9.17) is 16.3 Å². The van der Waals surface area contributed by atoms with Gasteiger partial charge in [-0.05, 0) is 25.0 Å². The van der Waals surface area contributed by atoms with Gasteiger partial charge in [-0.3, -0.25) is 4.79 Å². The third-order valence-corrected chi connectivity index (χ3v) is 3.88. The van der Waals surface area contributed by atoms with Gasteiger partial charge in [-0.25, -0.2) is 0 Å². The van der Waals surface area contributed by atoms with Crippen LogP contribution in [0.1, 0.15) is 32.1 Å². The monoisotopic (exact) mass is 297 g/mol. The maximum atomic E-state index is 11.7. The van der Waals surface area contributed by atoms with Crippen molar-refractivity contribution in [3.8, 4) is 5.75 Å². The second kappa shape index (κ2) is 6.95. The fourth-order valence-electron chi connectivity index (χ4n) is 2.38. The molecule has 1 aliphatic carbocycles. The lowest BCUT2D eigenvalue weighted by atomic mass is 10.0. The van der Waals surface area contributed by atoms with Gasteiger partial charge in [-0.1, -0.05) is 36.6 Å². The van der Waals surface area contributed by atoms with Crippen molar-refractivity contribution in [2.24, 2.45) is 0 Å². The first-order valence-electron chi connectivity index (χ1n) is 6.95. The molecule has 110 valence electrons. The minimum Gasteiger partial charge on any atom is -0.491 e. The van der Waals surface area contributed by atoms with Gasteiger partial charge in [0.25, 0.3) is 0 Å². The van der Waals surface area contributed by atoms with Crippen LogP contribution in [0.5, 0.6) is 5.75 Å². The van der Waals surface area contributed by atoms with Gasteiger partial charge >= 0.3 is 0 Å². The number of para-hydroxylation sites is 1. The lowest BCUT2D eigenvalue weighted by Gasteiger charge is -2.22. The first-order valence-corrected chi connectivity index (χ1v) is 7.33. The largest absolute Gasteiger partial charge is 0.491 e. The molecule has 4 nitrogen and oxygen atoms in total. The summed E-state index contributed by atoms with van der Waals surface area (Å²) in [5.41, 5.74) is -0.709. The number of benzene rings is 1. The minimum absolute atomic E-state index is 0.114. The Hall–Kier alpha value is -1.26. The van der Waals surface area contributed by atoms with Crippen LogP contribution in [0.4, 0.5) is 0 Å². The molecule has 2 N–H and O–H groups in total. The number of halogens is 1. The molecule has 0 heterocycles. The van der Waals surface area contributed by atoms with Crippen molar-refractivity contribution in [2.45, 2.75) is 37.7 Å². The molecule has 0 aromatic heterocycles. The summed E-state index contributed by atoms with van der Waals surface area (Å²) >= 11 is 5.95. The second-order valence-corrected chi connectivity index (χ2v) is 5.64. The average Bonchev–Trinajstić information content (AvgIpc) is 2.86. The summed E-state index contributed by atoms with van der Waals surface area (Å²) in [4.78, 5) is 11.7. The van der Waals surface area contributed by atoms with Crippen molar-refractivity contribution in [3.63, 3.8) is 0 Å². The number of aliphatic hydroxyl groups is 1. The smallest absolute Gasteiger partial charge is 0.223 e.